The minimum atomic E-state index is -3.57. The smallest absolute Gasteiger partial charge is 0.243 e. The second-order valence-electron chi connectivity index (χ2n) is 7.74. The minimum Gasteiger partial charge on any atom is -0.507 e. The van der Waals surface area contributed by atoms with E-state index < -0.39 is 10.0 Å². The molecule has 0 aliphatic carbocycles. The molecule has 31 heavy (non-hydrogen) atoms. The molecule has 0 saturated carbocycles. The highest BCUT2D eigenvalue weighted by Crippen LogP contribution is 2.33. The molecule has 1 aliphatic rings. The number of piperazine rings is 1. The zero-order chi connectivity index (χ0) is 22.0. The minimum absolute atomic E-state index is 0.0312. The summed E-state index contributed by atoms with van der Waals surface area (Å²) in [5.74, 6) is 0.815. The van der Waals surface area contributed by atoms with Crippen LogP contribution in [0.25, 0.3) is 11.1 Å². The normalized spacial score (nSPS) is 15.4. The molecule has 164 valence electrons. The molecule has 1 saturated heterocycles. The molecule has 0 amide bonds. The highest BCUT2D eigenvalue weighted by atomic mass is 32.2. The Hall–Kier alpha value is -2.97. The molecule has 0 atom stereocenters. The predicted molar refractivity (Wildman–Crippen MR) is 119 cm³/mol. The van der Waals surface area contributed by atoms with Crippen molar-refractivity contribution in [2.45, 2.75) is 24.8 Å². The Morgan fingerprint density at radius 3 is 2.29 bits per heavy atom. The summed E-state index contributed by atoms with van der Waals surface area (Å²) < 4.78 is 38.2. The third kappa shape index (κ3) is 4.55. The van der Waals surface area contributed by atoms with E-state index in [0.717, 1.165) is 11.3 Å². The van der Waals surface area contributed by atoms with E-state index in [0.29, 0.717) is 37.5 Å². The quantitative estimate of drug-likeness (QED) is 0.622. The summed E-state index contributed by atoms with van der Waals surface area (Å²) in [6.07, 6.45) is 3.18. The Balaban J connectivity index is 1.43. The van der Waals surface area contributed by atoms with Gasteiger partial charge in [-0.1, -0.05) is 0 Å². The molecule has 7 nitrogen and oxygen atoms in total. The van der Waals surface area contributed by atoms with Crippen LogP contribution in [0.5, 0.6) is 11.5 Å². The SMILES string of the molecule is CC(C)Oc1ccc(S(=O)(=O)N2CCN(c3ccc(-c4ccoc4)c(O)c3)CC2)cc1. The molecule has 1 fully saturated rings. The molecular weight excluding hydrogens is 416 g/mol. The van der Waals surface area contributed by atoms with Crippen LogP contribution in [-0.4, -0.2) is 50.1 Å². The largest absolute Gasteiger partial charge is 0.507 e. The average Bonchev–Trinajstić information content (AvgIpc) is 3.28. The number of benzene rings is 2. The van der Waals surface area contributed by atoms with Gasteiger partial charge in [-0.15, -0.1) is 0 Å². The number of aromatic hydroxyl groups is 1. The van der Waals surface area contributed by atoms with Crippen molar-refractivity contribution >= 4 is 15.7 Å². The first-order valence-corrected chi connectivity index (χ1v) is 11.7. The average molecular weight is 443 g/mol. The van der Waals surface area contributed by atoms with Gasteiger partial charge in [0.25, 0.3) is 0 Å². The van der Waals surface area contributed by atoms with Crippen LogP contribution in [0.15, 0.2) is 70.4 Å². The van der Waals surface area contributed by atoms with Gasteiger partial charge in [0.05, 0.1) is 23.5 Å². The van der Waals surface area contributed by atoms with E-state index in [2.05, 4.69) is 4.90 Å². The summed E-state index contributed by atoms with van der Waals surface area (Å²) in [6, 6.07) is 13.8. The molecule has 3 aromatic rings. The number of sulfonamides is 1. The highest BCUT2D eigenvalue weighted by molar-refractivity contribution is 7.89. The predicted octanol–water partition coefficient (Wildman–Crippen LogP) is 3.95. The number of phenolic OH excluding ortho intramolecular Hbond substituents is 1. The zero-order valence-electron chi connectivity index (χ0n) is 17.6. The first kappa shape index (κ1) is 21.3. The van der Waals surface area contributed by atoms with Crippen LogP contribution in [0.2, 0.25) is 0 Å². The van der Waals surface area contributed by atoms with Crippen molar-refractivity contribution in [3.63, 3.8) is 0 Å². The number of anilines is 1. The van der Waals surface area contributed by atoms with Crippen molar-refractivity contribution in [3.05, 3.63) is 61.1 Å². The van der Waals surface area contributed by atoms with E-state index in [1.165, 1.54) is 4.31 Å². The van der Waals surface area contributed by atoms with Crippen LogP contribution in [0, 0.1) is 0 Å². The molecule has 1 aromatic heterocycles. The van der Waals surface area contributed by atoms with Gasteiger partial charge < -0.3 is 19.2 Å². The monoisotopic (exact) mass is 442 g/mol. The third-order valence-electron chi connectivity index (χ3n) is 5.25. The van der Waals surface area contributed by atoms with E-state index in [9.17, 15) is 13.5 Å². The Kier molecular flexibility index (Phi) is 5.93. The van der Waals surface area contributed by atoms with Gasteiger partial charge in [-0.3, -0.25) is 0 Å². The number of hydrogen-bond donors (Lipinski definition) is 1. The number of furan rings is 1. The van der Waals surface area contributed by atoms with Crippen LogP contribution < -0.4 is 9.64 Å². The lowest BCUT2D eigenvalue weighted by Crippen LogP contribution is -2.48. The molecule has 4 rings (SSSR count). The standard InChI is InChI=1S/C23H26N2O5S/c1-17(2)30-20-4-6-21(7-5-20)31(27,28)25-12-10-24(11-13-25)19-3-8-22(23(26)15-19)18-9-14-29-16-18/h3-9,14-17,26H,10-13H2,1-2H3. The molecule has 0 bridgehead atoms. The van der Waals surface area contributed by atoms with Crippen molar-refractivity contribution in [2.24, 2.45) is 0 Å². The van der Waals surface area contributed by atoms with Crippen LogP contribution in [-0.2, 0) is 10.0 Å². The highest BCUT2D eigenvalue weighted by Gasteiger charge is 2.29. The van der Waals surface area contributed by atoms with E-state index in [-0.39, 0.29) is 16.7 Å². The van der Waals surface area contributed by atoms with Crippen LogP contribution in [0.4, 0.5) is 5.69 Å². The second kappa shape index (κ2) is 8.64. The van der Waals surface area contributed by atoms with Gasteiger partial charge in [0.2, 0.25) is 10.0 Å². The van der Waals surface area contributed by atoms with Crippen LogP contribution >= 0.6 is 0 Å². The topological polar surface area (TPSA) is 83.2 Å². The fraction of sp³-hybridized carbons (Fsp3) is 0.304. The molecule has 1 aliphatic heterocycles. The molecule has 1 N–H and O–H groups in total. The Bertz CT molecular complexity index is 1120. The summed E-state index contributed by atoms with van der Waals surface area (Å²) in [5.41, 5.74) is 2.37. The maximum Gasteiger partial charge on any atom is 0.243 e. The second-order valence-corrected chi connectivity index (χ2v) is 9.68. The summed E-state index contributed by atoms with van der Waals surface area (Å²) >= 11 is 0. The molecule has 0 spiro atoms. The lowest BCUT2D eigenvalue weighted by Gasteiger charge is -2.35. The maximum absolute atomic E-state index is 13.0. The number of hydrogen-bond acceptors (Lipinski definition) is 6. The third-order valence-corrected chi connectivity index (χ3v) is 7.16. The van der Waals surface area contributed by atoms with Crippen molar-refractivity contribution in [1.29, 1.82) is 0 Å². The Morgan fingerprint density at radius 2 is 1.71 bits per heavy atom. The van der Waals surface area contributed by atoms with E-state index in [4.69, 9.17) is 9.15 Å². The van der Waals surface area contributed by atoms with Gasteiger partial charge in [-0.05, 0) is 56.3 Å². The molecule has 2 heterocycles. The van der Waals surface area contributed by atoms with Gasteiger partial charge in [-0.2, -0.15) is 4.31 Å². The lowest BCUT2D eigenvalue weighted by atomic mass is 10.1. The van der Waals surface area contributed by atoms with Crippen molar-refractivity contribution in [3.8, 4) is 22.6 Å². The summed E-state index contributed by atoms with van der Waals surface area (Å²) in [7, 11) is -3.57. The summed E-state index contributed by atoms with van der Waals surface area (Å²) in [5, 5.41) is 10.4. The first-order valence-electron chi connectivity index (χ1n) is 10.2. The molecular formula is C23H26N2O5S. The fourth-order valence-electron chi connectivity index (χ4n) is 3.68. The lowest BCUT2D eigenvalue weighted by molar-refractivity contribution is 0.242. The summed E-state index contributed by atoms with van der Waals surface area (Å²) in [6.45, 7) is 5.67. The molecule has 2 aromatic carbocycles. The van der Waals surface area contributed by atoms with E-state index in [1.54, 1.807) is 48.9 Å². The Labute approximate surface area is 182 Å². The number of phenols is 1. The van der Waals surface area contributed by atoms with Gasteiger partial charge in [-0.25, -0.2) is 8.42 Å². The van der Waals surface area contributed by atoms with Gasteiger partial charge in [0, 0.05) is 49.1 Å². The zero-order valence-corrected chi connectivity index (χ0v) is 18.4. The van der Waals surface area contributed by atoms with Gasteiger partial charge >= 0.3 is 0 Å². The number of ether oxygens (including phenoxy) is 1. The first-order chi connectivity index (χ1) is 14.8. The molecule has 0 radical (unpaired) electrons. The summed E-state index contributed by atoms with van der Waals surface area (Å²) in [4.78, 5) is 2.34. The van der Waals surface area contributed by atoms with Crippen LogP contribution in [0.1, 0.15) is 13.8 Å². The molecule has 8 heteroatoms. The fourth-order valence-corrected chi connectivity index (χ4v) is 5.10. The Morgan fingerprint density at radius 1 is 1.00 bits per heavy atom. The maximum atomic E-state index is 13.0. The van der Waals surface area contributed by atoms with Gasteiger partial charge in [0.15, 0.2) is 0 Å². The van der Waals surface area contributed by atoms with Crippen LogP contribution in [0.3, 0.4) is 0 Å². The van der Waals surface area contributed by atoms with Crippen molar-refractivity contribution in [2.75, 3.05) is 31.1 Å². The number of nitrogens with zero attached hydrogens (tertiary/aromatic N) is 2. The van der Waals surface area contributed by atoms with Crippen molar-refractivity contribution in [1.82, 2.24) is 4.31 Å². The van der Waals surface area contributed by atoms with E-state index in [1.807, 2.05) is 26.0 Å². The van der Waals surface area contributed by atoms with E-state index >= 15 is 0 Å². The molecule has 0 unspecified atom stereocenters. The van der Waals surface area contributed by atoms with Gasteiger partial charge in [0.1, 0.15) is 11.5 Å². The number of rotatable bonds is 6. The van der Waals surface area contributed by atoms with Crippen molar-refractivity contribution < 1.29 is 22.7 Å².